The van der Waals surface area contributed by atoms with Gasteiger partial charge in [-0.1, -0.05) is 13.8 Å². The van der Waals surface area contributed by atoms with Crippen LogP contribution < -0.4 is 10.2 Å². The molecular weight excluding hydrogens is 210 g/mol. The van der Waals surface area contributed by atoms with E-state index >= 15 is 0 Å². The lowest BCUT2D eigenvalue weighted by Gasteiger charge is -2.21. The second-order valence-corrected chi connectivity index (χ2v) is 5.79. The van der Waals surface area contributed by atoms with Gasteiger partial charge in [0, 0.05) is 25.3 Å². The minimum atomic E-state index is 0.382. The van der Waals surface area contributed by atoms with Gasteiger partial charge in [0.2, 0.25) is 0 Å². The van der Waals surface area contributed by atoms with E-state index in [2.05, 4.69) is 48.1 Å². The van der Waals surface area contributed by atoms with Crippen molar-refractivity contribution >= 4 is 5.82 Å². The van der Waals surface area contributed by atoms with E-state index in [9.17, 15) is 0 Å². The highest BCUT2D eigenvalue weighted by Crippen LogP contribution is 2.32. The molecular formula is C14H23N3. The maximum atomic E-state index is 4.50. The van der Waals surface area contributed by atoms with Crippen LogP contribution >= 0.6 is 0 Å². The van der Waals surface area contributed by atoms with Gasteiger partial charge in [-0.15, -0.1) is 0 Å². The van der Waals surface area contributed by atoms with Gasteiger partial charge in [0.25, 0.3) is 0 Å². The Balaban J connectivity index is 2.17. The van der Waals surface area contributed by atoms with Gasteiger partial charge in [-0.2, -0.15) is 0 Å². The molecule has 1 aliphatic rings. The summed E-state index contributed by atoms with van der Waals surface area (Å²) in [5.74, 6) is 1.12. The molecule has 0 aliphatic carbocycles. The van der Waals surface area contributed by atoms with Crippen LogP contribution in [0.2, 0.25) is 0 Å². The maximum absolute atomic E-state index is 4.50. The van der Waals surface area contributed by atoms with Gasteiger partial charge in [0.15, 0.2) is 0 Å². The third-order valence-corrected chi connectivity index (χ3v) is 3.70. The molecule has 0 radical (unpaired) electrons. The van der Waals surface area contributed by atoms with Crippen LogP contribution in [-0.4, -0.2) is 25.1 Å². The van der Waals surface area contributed by atoms with Crippen LogP contribution in [0.3, 0.4) is 0 Å². The van der Waals surface area contributed by atoms with Crippen molar-refractivity contribution in [3.8, 4) is 0 Å². The molecule has 2 heterocycles. The zero-order valence-corrected chi connectivity index (χ0v) is 11.3. The van der Waals surface area contributed by atoms with Gasteiger partial charge < -0.3 is 10.2 Å². The van der Waals surface area contributed by atoms with Gasteiger partial charge in [-0.3, -0.25) is 0 Å². The summed E-state index contributed by atoms with van der Waals surface area (Å²) in [5, 5.41) is 3.27. The van der Waals surface area contributed by atoms with Crippen LogP contribution in [0.1, 0.15) is 38.8 Å². The number of nitrogens with one attached hydrogen (secondary N) is 1. The Bertz CT molecular complexity index is 387. The molecule has 1 aromatic heterocycles. The molecule has 0 bridgehead atoms. The van der Waals surface area contributed by atoms with E-state index in [4.69, 9.17) is 0 Å². The number of hydrogen-bond acceptors (Lipinski definition) is 3. The molecule has 1 fully saturated rings. The van der Waals surface area contributed by atoms with Crippen molar-refractivity contribution in [1.82, 2.24) is 10.3 Å². The highest BCUT2D eigenvalue weighted by atomic mass is 15.2. The average Bonchev–Trinajstić information content (AvgIpc) is 2.69. The fourth-order valence-corrected chi connectivity index (χ4v) is 2.35. The fraction of sp³-hybridized carbons (Fsp3) is 0.643. The van der Waals surface area contributed by atoms with E-state index in [0.717, 1.165) is 18.9 Å². The van der Waals surface area contributed by atoms with E-state index in [-0.39, 0.29) is 0 Å². The summed E-state index contributed by atoms with van der Waals surface area (Å²) in [6.07, 6.45) is 3.17. The Hall–Kier alpha value is -1.09. The molecule has 1 aliphatic heterocycles. The van der Waals surface area contributed by atoms with E-state index in [1.807, 2.05) is 13.2 Å². The molecule has 3 heteroatoms. The van der Waals surface area contributed by atoms with Gasteiger partial charge in [0.1, 0.15) is 5.82 Å². The van der Waals surface area contributed by atoms with Crippen LogP contribution in [0.5, 0.6) is 0 Å². The van der Waals surface area contributed by atoms with Gasteiger partial charge >= 0.3 is 0 Å². The number of aromatic nitrogens is 1. The Morgan fingerprint density at radius 1 is 1.47 bits per heavy atom. The van der Waals surface area contributed by atoms with E-state index in [0.29, 0.717) is 11.5 Å². The molecule has 0 aromatic carbocycles. The first-order chi connectivity index (χ1) is 8.02. The quantitative estimate of drug-likeness (QED) is 0.870. The largest absolute Gasteiger partial charge is 0.356 e. The lowest BCUT2D eigenvalue weighted by atomic mass is 9.93. The summed E-state index contributed by atoms with van der Waals surface area (Å²) >= 11 is 0. The normalized spacial score (nSPS) is 20.6. The molecule has 2 rings (SSSR count). The summed E-state index contributed by atoms with van der Waals surface area (Å²) in [5.41, 5.74) is 1.73. The topological polar surface area (TPSA) is 28.2 Å². The second kappa shape index (κ2) is 4.65. The zero-order valence-electron chi connectivity index (χ0n) is 11.3. The average molecular weight is 233 g/mol. The molecule has 1 N–H and O–H groups in total. The maximum Gasteiger partial charge on any atom is 0.128 e. The van der Waals surface area contributed by atoms with Crippen molar-refractivity contribution in [2.75, 3.05) is 25.0 Å². The van der Waals surface area contributed by atoms with Crippen LogP contribution in [0.15, 0.2) is 18.3 Å². The Kier molecular flexibility index (Phi) is 3.38. The van der Waals surface area contributed by atoms with Crippen LogP contribution in [-0.2, 0) is 0 Å². The highest BCUT2D eigenvalue weighted by molar-refractivity contribution is 5.43. The summed E-state index contributed by atoms with van der Waals surface area (Å²) in [6, 6.07) is 4.68. The zero-order chi connectivity index (χ0) is 12.5. The van der Waals surface area contributed by atoms with Crippen LogP contribution in [0.4, 0.5) is 5.82 Å². The van der Waals surface area contributed by atoms with Crippen molar-refractivity contribution in [3.63, 3.8) is 0 Å². The molecule has 1 atom stereocenters. The minimum absolute atomic E-state index is 0.382. The first-order valence-electron chi connectivity index (χ1n) is 6.40. The highest BCUT2D eigenvalue weighted by Gasteiger charge is 2.29. The fourth-order valence-electron chi connectivity index (χ4n) is 2.35. The summed E-state index contributed by atoms with van der Waals surface area (Å²) in [7, 11) is 1.99. The molecule has 1 saturated heterocycles. The lowest BCUT2D eigenvalue weighted by molar-refractivity contribution is 0.418. The predicted octanol–water partition coefficient (Wildman–Crippen LogP) is 2.60. The van der Waals surface area contributed by atoms with Crippen LogP contribution in [0, 0.1) is 5.41 Å². The third-order valence-electron chi connectivity index (χ3n) is 3.70. The number of pyridine rings is 1. The summed E-state index contributed by atoms with van der Waals surface area (Å²) in [4.78, 5) is 6.90. The molecule has 0 saturated carbocycles. The van der Waals surface area contributed by atoms with Crippen molar-refractivity contribution in [2.24, 2.45) is 5.41 Å². The monoisotopic (exact) mass is 233 g/mol. The van der Waals surface area contributed by atoms with Gasteiger partial charge in [0.05, 0.1) is 0 Å². The Labute approximate surface area is 104 Å². The van der Waals surface area contributed by atoms with Gasteiger partial charge in [-0.25, -0.2) is 4.98 Å². The Morgan fingerprint density at radius 2 is 2.24 bits per heavy atom. The summed E-state index contributed by atoms with van der Waals surface area (Å²) < 4.78 is 0. The standard InChI is InChI=1S/C14H23N3/c1-11(15-4)12-5-7-16-13(9-12)17-8-6-14(2,3)10-17/h5,7,9,11,15H,6,8,10H2,1-4H3. The first-order valence-corrected chi connectivity index (χ1v) is 6.40. The molecule has 17 heavy (non-hydrogen) atoms. The van der Waals surface area contributed by atoms with Crippen molar-refractivity contribution in [3.05, 3.63) is 23.9 Å². The molecule has 3 nitrogen and oxygen atoms in total. The number of rotatable bonds is 3. The number of anilines is 1. The molecule has 0 spiro atoms. The van der Waals surface area contributed by atoms with E-state index in [1.54, 1.807) is 0 Å². The third kappa shape index (κ3) is 2.78. The number of hydrogen-bond donors (Lipinski definition) is 1. The SMILES string of the molecule is CNC(C)c1ccnc(N2CCC(C)(C)C2)c1. The second-order valence-electron chi connectivity index (χ2n) is 5.79. The molecule has 0 amide bonds. The molecule has 1 aromatic rings. The van der Waals surface area contributed by atoms with Crippen molar-refractivity contribution in [2.45, 2.75) is 33.2 Å². The smallest absolute Gasteiger partial charge is 0.128 e. The van der Waals surface area contributed by atoms with E-state index in [1.165, 1.54) is 12.0 Å². The molecule has 94 valence electrons. The molecule has 1 unspecified atom stereocenters. The van der Waals surface area contributed by atoms with Crippen molar-refractivity contribution < 1.29 is 0 Å². The lowest BCUT2D eigenvalue weighted by Crippen LogP contribution is -2.24. The first kappa shape index (κ1) is 12.4. The van der Waals surface area contributed by atoms with Crippen molar-refractivity contribution in [1.29, 1.82) is 0 Å². The van der Waals surface area contributed by atoms with E-state index < -0.39 is 0 Å². The van der Waals surface area contributed by atoms with Crippen LogP contribution in [0.25, 0.3) is 0 Å². The number of nitrogens with zero attached hydrogens (tertiary/aromatic N) is 2. The Morgan fingerprint density at radius 3 is 2.82 bits per heavy atom. The van der Waals surface area contributed by atoms with Gasteiger partial charge in [-0.05, 0) is 43.5 Å². The predicted molar refractivity (Wildman–Crippen MR) is 72.3 cm³/mol. The minimum Gasteiger partial charge on any atom is -0.356 e. The summed E-state index contributed by atoms with van der Waals surface area (Å²) in [6.45, 7) is 9.06.